The van der Waals surface area contributed by atoms with Gasteiger partial charge in [0.05, 0.1) is 6.54 Å². The van der Waals surface area contributed by atoms with Gasteiger partial charge >= 0.3 is 0 Å². The number of aliphatic hydroxyl groups is 1. The van der Waals surface area contributed by atoms with Gasteiger partial charge in [-0.3, -0.25) is 4.79 Å². The molecular weight excluding hydrogens is 347 g/mol. The molecule has 3 rings (SSSR count). The number of benzene rings is 2. The lowest BCUT2D eigenvalue weighted by molar-refractivity contribution is -0.129. The second-order valence-electron chi connectivity index (χ2n) is 5.36. The standard InChI is InChI=1S/C18H14ClFN2O3/c19-13-3-1-2-12(8-13)16-9-15(25-22-16)10-21-18(24)17(23)11-4-6-14(20)7-5-11/h1-9,17,23H,10H2,(H,21,24)/t17-/m0/s1. The van der Waals surface area contributed by atoms with Crippen molar-refractivity contribution < 1.29 is 18.8 Å². The van der Waals surface area contributed by atoms with Crippen LogP contribution in [-0.2, 0) is 11.3 Å². The van der Waals surface area contributed by atoms with Gasteiger partial charge in [-0.1, -0.05) is 41.0 Å². The summed E-state index contributed by atoms with van der Waals surface area (Å²) in [4.78, 5) is 12.0. The topological polar surface area (TPSA) is 75.4 Å². The van der Waals surface area contributed by atoms with Crippen molar-refractivity contribution in [2.24, 2.45) is 0 Å². The van der Waals surface area contributed by atoms with Crippen molar-refractivity contribution in [3.63, 3.8) is 0 Å². The Balaban J connectivity index is 1.62. The highest BCUT2D eigenvalue weighted by atomic mass is 35.5. The Morgan fingerprint density at radius 1 is 1.24 bits per heavy atom. The van der Waals surface area contributed by atoms with Crippen LogP contribution in [0.4, 0.5) is 4.39 Å². The zero-order valence-electron chi connectivity index (χ0n) is 12.9. The molecule has 0 bridgehead atoms. The maximum atomic E-state index is 12.9. The molecule has 0 aliphatic heterocycles. The minimum absolute atomic E-state index is 0.0602. The molecule has 7 heteroatoms. The van der Waals surface area contributed by atoms with Crippen molar-refractivity contribution >= 4 is 17.5 Å². The van der Waals surface area contributed by atoms with Crippen molar-refractivity contribution in [2.75, 3.05) is 0 Å². The molecule has 0 radical (unpaired) electrons. The van der Waals surface area contributed by atoms with Crippen LogP contribution in [0, 0.1) is 5.82 Å². The second-order valence-corrected chi connectivity index (χ2v) is 5.80. The molecule has 3 aromatic rings. The van der Waals surface area contributed by atoms with Crippen LogP contribution in [-0.4, -0.2) is 16.2 Å². The number of nitrogens with zero attached hydrogens (tertiary/aromatic N) is 1. The molecule has 0 unspecified atom stereocenters. The van der Waals surface area contributed by atoms with E-state index in [0.717, 1.165) is 5.56 Å². The molecule has 0 saturated heterocycles. The number of hydrogen-bond acceptors (Lipinski definition) is 4. The number of nitrogens with one attached hydrogen (secondary N) is 1. The molecule has 1 atom stereocenters. The van der Waals surface area contributed by atoms with Gasteiger partial charge < -0.3 is 14.9 Å². The quantitative estimate of drug-likeness (QED) is 0.730. The molecule has 1 aromatic heterocycles. The van der Waals surface area contributed by atoms with E-state index in [9.17, 15) is 14.3 Å². The molecule has 0 aliphatic carbocycles. The lowest BCUT2D eigenvalue weighted by Gasteiger charge is -2.10. The number of carbonyl (C=O) groups excluding carboxylic acids is 1. The summed E-state index contributed by atoms with van der Waals surface area (Å²) in [6.07, 6.45) is -1.39. The highest BCUT2D eigenvalue weighted by molar-refractivity contribution is 6.30. The van der Waals surface area contributed by atoms with E-state index in [0.29, 0.717) is 22.0 Å². The zero-order chi connectivity index (χ0) is 17.8. The second kappa shape index (κ2) is 7.46. The van der Waals surface area contributed by atoms with Gasteiger partial charge in [-0.2, -0.15) is 0 Å². The van der Waals surface area contributed by atoms with E-state index in [4.69, 9.17) is 16.1 Å². The molecule has 2 N–H and O–H groups in total. The lowest BCUT2D eigenvalue weighted by atomic mass is 10.1. The molecular formula is C18H14ClFN2O3. The highest BCUT2D eigenvalue weighted by Gasteiger charge is 2.18. The van der Waals surface area contributed by atoms with Crippen molar-refractivity contribution in [3.05, 3.63) is 76.8 Å². The number of hydrogen-bond donors (Lipinski definition) is 2. The number of rotatable bonds is 5. The zero-order valence-corrected chi connectivity index (χ0v) is 13.7. The van der Waals surface area contributed by atoms with Gasteiger partial charge in [-0.25, -0.2) is 4.39 Å². The van der Waals surface area contributed by atoms with Gasteiger partial charge in [0, 0.05) is 16.7 Å². The Labute approximate surface area is 148 Å². The Hall–Kier alpha value is -2.70. The Morgan fingerprint density at radius 3 is 2.72 bits per heavy atom. The molecule has 0 spiro atoms. The van der Waals surface area contributed by atoms with Crippen LogP contribution >= 0.6 is 11.6 Å². The van der Waals surface area contributed by atoms with E-state index in [1.807, 2.05) is 6.07 Å². The molecule has 5 nitrogen and oxygen atoms in total. The van der Waals surface area contributed by atoms with Crippen LogP contribution in [0.1, 0.15) is 17.4 Å². The molecule has 1 heterocycles. The average molecular weight is 361 g/mol. The summed E-state index contributed by atoms with van der Waals surface area (Å²) in [6, 6.07) is 13.9. The first-order chi connectivity index (χ1) is 12.0. The van der Waals surface area contributed by atoms with Crippen LogP contribution in [0.5, 0.6) is 0 Å². The first-order valence-electron chi connectivity index (χ1n) is 7.46. The minimum Gasteiger partial charge on any atom is -0.378 e. The fraction of sp³-hybridized carbons (Fsp3) is 0.111. The largest absolute Gasteiger partial charge is 0.378 e. The fourth-order valence-corrected chi connectivity index (χ4v) is 2.44. The third-order valence-electron chi connectivity index (χ3n) is 3.55. The van der Waals surface area contributed by atoms with Crippen molar-refractivity contribution in [2.45, 2.75) is 12.6 Å². The third kappa shape index (κ3) is 4.23. The Kier molecular flexibility index (Phi) is 5.11. The number of halogens is 2. The SMILES string of the molecule is O=C(NCc1cc(-c2cccc(Cl)c2)no1)[C@@H](O)c1ccc(F)cc1. The fourth-order valence-electron chi connectivity index (χ4n) is 2.25. The molecule has 1 amide bonds. The van der Waals surface area contributed by atoms with Gasteiger partial charge in [0.25, 0.3) is 5.91 Å². The van der Waals surface area contributed by atoms with Gasteiger partial charge in [-0.15, -0.1) is 0 Å². The average Bonchev–Trinajstić information content (AvgIpc) is 3.09. The predicted molar refractivity (Wildman–Crippen MR) is 90.2 cm³/mol. The van der Waals surface area contributed by atoms with E-state index in [2.05, 4.69) is 10.5 Å². The molecule has 2 aromatic carbocycles. The lowest BCUT2D eigenvalue weighted by Crippen LogP contribution is -2.28. The molecule has 0 aliphatic rings. The van der Waals surface area contributed by atoms with E-state index in [-0.39, 0.29) is 6.54 Å². The summed E-state index contributed by atoms with van der Waals surface area (Å²) in [5, 5.41) is 17.0. The maximum absolute atomic E-state index is 12.9. The Bertz CT molecular complexity index is 880. The predicted octanol–water partition coefficient (Wildman–Crippen LogP) is 3.48. The summed E-state index contributed by atoms with van der Waals surface area (Å²) in [6.45, 7) is 0.0602. The summed E-state index contributed by atoms with van der Waals surface area (Å²) in [7, 11) is 0. The normalized spacial score (nSPS) is 12.0. The van der Waals surface area contributed by atoms with E-state index in [1.54, 1.807) is 24.3 Å². The van der Waals surface area contributed by atoms with Gasteiger partial charge in [0.2, 0.25) is 0 Å². The van der Waals surface area contributed by atoms with Crippen LogP contribution in [0.2, 0.25) is 5.02 Å². The van der Waals surface area contributed by atoms with E-state index >= 15 is 0 Å². The number of carbonyl (C=O) groups is 1. The summed E-state index contributed by atoms with van der Waals surface area (Å²) < 4.78 is 18.0. The van der Waals surface area contributed by atoms with Gasteiger partial charge in [-0.05, 0) is 29.8 Å². The highest BCUT2D eigenvalue weighted by Crippen LogP contribution is 2.22. The Morgan fingerprint density at radius 2 is 2.00 bits per heavy atom. The minimum atomic E-state index is -1.39. The van der Waals surface area contributed by atoms with E-state index in [1.165, 1.54) is 24.3 Å². The summed E-state index contributed by atoms with van der Waals surface area (Å²) in [5.74, 6) is -0.631. The molecule has 0 saturated carbocycles. The third-order valence-corrected chi connectivity index (χ3v) is 3.79. The summed E-state index contributed by atoms with van der Waals surface area (Å²) in [5.41, 5.74) is 1.68. The van der Waals surface area contributed by atoms with Crippen LogP contribution < -0.4 is 5.32 Å². The summed E-state index contributed by atoms with van der Waals surface area (Å²) >= 11 is 5.94. The van der Waals surface area contributed by atoms with Crippen molar-refractivity contribution in [1.29, 1.82) is 0 Å². The molecule has 128 valence electrons. The van der Waals surface area contributed by atoms with Crippen LogP contribution in [0.25, 0.3) is 11.3 Å². The van der Waals surface area contributed by atoms with Gasteiger partial charge in [0.15, 0.2) is 11.9 Å². The van der Waals surface area contributed by atoms with Crippen molar-refractivity contribution in [3.8, 4) is 11.3 Å². The molecule has 0 fully saturated rings. The van der Waals surface area contributed by atoms with Crippen LogP contribution in [0.3, 0.4) is 0 Å². The smallest absolute Gasteiger partial charge is 0.253 e. The number of aliphatic hydroxyl groups excluding tert-OH is 1. The first kappa shape index (κ1) is 17.1. The first-order valence-corrected chi connectivity index (χ1v) is 7.83. The number of aromatic nitrogens is 1. The van der Waals surface area contributed by atoms with Crippen LogP contribution in [0.15, 0.2) is 59.1 Å². The van der Waals surface area contributed by atoms with Crippen molar-refractivity contribution in [1.82, 2.24) is 10.5 Å². The number of amides is 1. The monoisotopic (exact) mass is 360 g/mol. The van der Waals surface area contributed by atoms with E-state index < -0.39 is 17.8 Å². The maximum Gasteiger partial charge on any atom is 0.253 e. The molecule has 25 heavy (non-hydrogen) atoms. The van der Waals surface area contributed by atoms with Gasteiger partial charge in [0.1, 0.15) is 11.5 Å².